The molecule has 1 unspecified atom stereocenters. The SMILES string of the molecule is CC(C)(C)C(c1ccc(O)cc1)([C@@H](C=O)OC(N)=O)N(Cc1cccs1)Cc1cccs1. The molecule has 1 aromatic carbocycles. The van der Waals surface area contributed by atoms with Crippen LogP contribution in [0.3, 0.4) is 0 Å². The average molecular weight is 473 g/mol. The molecule has 170 valence electrons. The van der Waals surface area contributed by atoms with E-state index in [1.807, 2.05) is 55.8 Å². The number of thiophene rings is 2. The Morgan fingerprint density at radius 1 is 1.06 bits per heavy atom. The van der Waals surface area contributed by atoms with Crippen LogP contribution in [0.15, 0.2) is 59.3 Å². The van der Waals surface area contributed by atoms with Crippen molar-refractivity contribution in [3.63, 3.8) is 0 Å². The fraction of sp³-hybridized carbons (Fsp3) is 0.333. The molecule has 0 spiro atoms. The third kappa shape index (κ3) is 4.87. The predicted molar refractivity (Wildman–Crippen MR) is 128 cm³/mol. The molecule has 3 aromatic rings. The number of nitrogens with two attached hydrogens (primary N) is 1. The highest BCUT2D eigenvalue weighted by atomic mass is 32.1. The van der Waals surface area contributed by atoms with Gasteiger partial charge < -0.3 is 15.6 Å². The van der Waals surface area contributed by atoms with Crippen LogP contribution in [0.4, 0.5) is 4.79 Å². The van der Waals surface area contributed by atoms with Gasteiger partial charge in [0.2, 0.25) is 0 Å². The van der Waals surface area contributed by atoms with Crippen LogP contribution in [-0.4, -0.2) is 28.5 Å². The van der Waals surface area contributed by atoms with Crippen molar-refractivity contribution < 1.29 is 19.4 Å². The molecule has 0 bridgehead atoms. The summed E-state index contributed by atoms with van der Waals surface area (Å²) in [5.74, 6) is 0.109. The summed E-state index contributed by atoms with van der Waals surface area (Å²) in [7, 11) is 0. The van der Waals surface area contributed by atoms with Gasteiger partial charge in [-0.25, -0.2) is 4.79 Å². The summed E-state index contributed by atoms with van der Waals surface area (Å²) in [5, 5.41) is 14.0. The smallest absolute Gasteiger partial charge is 0.405 e. The Hall–Kier alpha value is -2.68. The Labute approximate surface area is 196 Å². The predicted octanol–water partition coefficient (Wildman–Crippen LogP) is 5.12. The second-order valence-electron chi connectivity index (χ2n) is 8.57. The Morgan fingerprint density at radius 3 is 1.97 bits per heavy atom. The minimum Gasteiger partial charge on any atom is -0.508 e. The summed E-state index contributed by atoms with van der Waals surface area (Å²) in [6.07, 6.45) is -1.54. The van der Waals surface area contributed by atoms with Gasteiger partial charge in [-0.3, -0.25) is 9.69 Å². The number of primary amides is 1. The van der Waals surface area contributed by atoms with E-state index in [0.29, 0.717) is 19.4 Å². The second-order valence-corrected chi connectivity index (χ2v) is 10.6. The van der Waals surface area contributed by atoms with Gasteiger partial charge in [0, 0.05) is 22.8 Å². The molecule has 0 aliphatic rings. The lowest BCUT2D eigenvalue weighted by molar-refractivity contribution is -0.141. The van der Waals surface area contributed by atoms with Crippen molar-refractivity contribution in [3.05, 3.63) is 74.6 Å². The summed E-state index contributed by atoms with van der Waals surface area (Å²) in [6.45, 7) is 7.09. The number of phenolic OH excluding ortho intramolecular Hbond substituents is 1. The molecule has 0 aliphatic heterocycles. The topological polar surface area (TPSA) is 92.9 Å². The number of aldehydes is 1. The molecule has 2 heterocycles. The minimum absolute atomic E-state index is 0.109. The fourth-order valence-electron chi connectivity index (χ4n) is 4.40. The summed E-state index contributed by atoms with van der Waals surface area (Å²) in [6, 6.07) is 14.8. The number of aromatic hydroxyl groups is 1. The second kappa shape index (κ2) is 9.85. The normalized spacial score (nSPS) is 14.6. The maximum atomic E-state index is 12.5. The number of hydrogen-bond donors (Lipinski definition) is 2. The Balaban J connectivity index is 2.29. The summed E-state index contributed by atoms with van der Waals surface area (Å²) in [5.41, 5.74) is 4.49. The van der Waals surface area contributed by atoms with Crippen molar-refractivity contribution >= 4 is 35.1 Å². The van der Waals surface area contributed by atoms with Crippen molar-refractivity contribution in [2.24, 2.45) is 11.1 Å². The number of carbonyl (C=O) groups excluding carboxylic acids is 2. The van der Waals surface area contributed by atoms with Crippen molar-refractivity contribution in [2.75, 3.05) is 0 Å². The van der Waals surface area contributed by atoms with Crippen molar-refractivity contribution in [3.8, 4) is 5.75 Å². The lowest BCUT2D eigenvalue weighted by Gasteiger charge is -2.54. The van der Waals surface area contributed by atoms with E-state index in [4.69, 9.17) is 10.5 Å². The van der Waals surface area contributed by atoms with Crippen LogP contribution in [0.25, 0.3) is 0 Å². The largest absolute Gasteiger partial charge is 0.508 e. The first-order valence-electron chi connectivity index (χ1n) is 10.2. The van der Waals surface area contributed by atoms with E-state index >= 15 is 0 Å². The molecule has 8 heteroatoms. The molecule has 6 nitrogen and oxygen atoms in total. The number of carbonyl (C=O) groups is 2. The Kier molecular flexibility index (Phi) is 7.38. The molecule has 0 saturated heterocycles. The number of phenols is 1. The summed E-state index contributed by atoms with van der Waals surface area (Å²) >= 11 is 3.24. The minimum atomic E-state index is -1.18. The molecular weight excluding hydrogens is 444 g/mol. The van der Waals surface area contributed by atoms with E-state index in [1.165, 1.54) is 0 Å². The maximum absolute atomic E-state index is 12.5. The van der Waals surface area contributed by atoms with Gasteiger partial charge in [-0.2, -0.15) is 0 Å². The van der Waals surface area contributed by atoms with Crippen molar-refractivity contribution in [2.45, 2.75) is 45.5 Å². The number of nitrogens with zero attached hydrogens (tertiary/aromatic N) is 1. The molecule has 32 heavy (non-hydrogen) atoms. The standard InChI is InChI=1S/C24H28N2O4S2/c1-23(2,3)24(21(16-27)30-22(25)29,17-8-10-18(28)11-9-17)26(14-19-6-4-12-31-19)15-20-7-5-13-32-20/h4-13,16,21,28H,14-15H2,1-3H3,(H2,25,29)/t21-,24?/m1/s1. The Morgan fingerprint density at radius 2 is 1.59 bits per heavy atom. The van der Waals surface area contributed by atoms with E-state index in [1.54, 1.807) is 46.9 Å². The molecule has 2 aromatic heterocycles. The van der Waals surface area contributed by atoms with Crippen LogP contribution in [0.1, 0.15) is 36.1 Å². The third-order valence-electron chi connectivity index (χ3n) is 5.58. The first-order valence-corrected chi connectivity index (χ1v) is 11.9. The monoisotopic (exact) mass is 472 g/mol. The average Bonchev–Trinajstić information content (AvgIpc) is 3.42. The van der Waals surface area contributed by atoms with Crippen LogP contribution < -0.4 is 5.73 Å². The molecular formula is C24H28N2O4S2. The molecule has 1 amide bonds. The van der Waals surface area contributed by atoms with E-state index in [0.717, 1.165) is 15.3 Å². The summed E-state index contributed by atoms with van der Waals surface area (Å²) < 4.78 is 5.47. The molecule has 3 rings (SSSR count). The highest BCUT2D eigenvalue weighted by Gasteiger charge is 2.55. The quantitative estimate of drug-likeness (QED) is 0.422. The van der Waals surface area contributed by atoms with Crippen LogP contribution in [0.5, 0.6) is 5.75 Å². The van der Waals surface area contributed by atoms with Gasteiger partial charge in [0.15, 0.2) is 12.4 Å². The number of benzene rings is 1. The third-order valence-corrected chi connectivity index (χ3v) is 7.30. The van der Waals surface area contributed by atoms with Crippen LogP contribution in [0.2, 0.25) is 0 Å². The molecule has 0 aliphatic carbocycles. The Bertz CT molecular complexity index is 975. The van der Waals surface area contributed by atoms with E-state index in [2.05, 4.69) is 4.90 Å². The molecule has 3 N–H and O–H groups in total. The molecule has 2 atom stereocenters. The van der Waals surface area contributed by atoms with Crippen molar-refractivity contribution in [1.29, 1.82) is 0 Å². The molecule has 0 radical (unpaired) electrons. The fourth-order valence-corrected chi connectivity index (χ4v) is 5.84. The highest BCUT2D eigenvalue weighted by Crippen LogP contribution is 2.49. The van der Waals surface area contributed by atoms with Gasteiger partial charge in [-0.15, -0.1) is 22.7 Å². The van der Waals surface area contributed by atoms with Crippen LogP contribution in [-0.2, 0) is 28.2 Å². The number of rotatable bonds is 9. The number of hydrogen-bond acceptors (Lipinski definition) is 7. The lowest BCUT2D eigenvalue weighted by Crippen LogP contribution is -2.62. The molecule has 0 saturated carbocycles. The van der Waals surface area contributed by atoms with E-state index in [9.17, 15) is 14.7 Å². The first kappa shape index (κ1) is 24.0. The van der Waals surface area contributed by atoms with Gasteiger partial charge in [0.1, 0.15) is 5.75 Å². The highest BCUT2D eigenvalue weighted by molar-refractivity contribution is 7.10. The van der Waals surface area contributed by atoms with Crippen molar-refractivity contribution in [1.82, 2.24) is 4.90 Å². The number of amides is 1. The van der Waals surface area contributed by atoms with Gasteiger partial charge in [-0.1, -0.05) is 45.0 Å². The van der Waals surface area contributed by atoms with Gasteiger partial charge >= 0.3 is 6.09 Å². The zero-order valence-electron chi connectivity index (χ0n) is 18.4. The lowest BCUT2D eigenvalue weighted by atomic mass is 9.64. The zero-order chi connectivity index (χ0) is 23.4. The van der Waals surface area contributed by atoms with E-state index < -0.39 is 23.2 Å². The molecule has 0 fully saturated rings. The van der Waals surface area contributed by atoms with Crippen LogP contribution in [0, 0.1) is 5.41 Å². The summed E-state index contributed by atoms with van der Waals surface area (Å²) in [4.78, 5) is 28.7. The van der Waals surface area contributed by atoms with Gasteiger partial charge in [0.25, 0.3) is 0 Å². The van der Waals surface area contributed by atoms with Gasteiger partial charge in [0.05, 0.1) is 5.54 Å². The van der Waals surface area contributed by atoms with E-state index in [-0.39, 0.29) is 5.75 Å². The number of ether oxygens (including phenoxy) is 1. The maximum Gasteiger partial charge on any atom is 0.405 e. The first-order chi connectivity index (χ1) is 15.2. The van der Waals surface area contributed by atoms with Gasteiger partial charge in [-0.05, 0) is 46.0 Å². The zero-order valence-corrected chi connectivity index (χ0v) is 20.0. The van der Waals surface area contributed by atoms with Crippen LogP contribution >= 0.6 is 22.7 Å².